The molecule has 2 saturated heterocycles. The Hall–Kier alpha value is -0.920. The molecule has 0 amide bonds. The van der Waals surface area contributed by atoms with Crippen molar-refractivity contribution >= 4 is 30.1 Å². The van der Waals surface area contributed by atoms with E-state index in [4.69, 9.17) is 0 Å². The molecule has 24 heavy (non-hydrogen) atoms. The van der Waals surface area contributed by atoms with E-state index in [1.807, 2.05) is 27.6 Å². The predicted octanol–water partition coefficient (Wildman–Crippen LogP) is 4.54. The summed E-state index contributed by atoms with van der Waals surface area (Å²) in [6.07, 6.45) is 4.28. The van der Waals surface area contributed by atoms with Crippen LogP contribution in [-0.4, -0.2) is 18.9 Å². The fraction of sp³-hybridized carbons (Fsp3) is 0.368. The van der Waals surface area contributed by atoms with Crippen LogP contribution in [0.5, 0.6) is 0 Å². The first kappa shape index (κ1) is 16.5. The van der Waals surface area contributed by atoms with E-state index in [0.29, 0.717) is 4.90 Å². The van der Waals surface area contributed by atoms with Gasteiger partial charge in [0.25, 0.3) is 0 Å². The number of benzene rings is 2. The van der Waals surface area contributed by atoms with E-state index in [2.05, 4.69) is 24.3 Å². The number of fused-ring (bicyclic) bond motifs is 1. The summed E-state index contributed by atoms with van der Waals surface area (Å²) >= 11 is -1.61. The van der Waals surface area contributed by atoms with Gasteiger partial charge in [0.05, 0.1) is 0 Å². The number of alkyl halides is 2. The Bertz CT molecular complexity index is 835. The molecule has 0 aliphatic carbocycles. The van der Waals surface area contributed by atoms with Crippen LogP contribution in [0.1, 0.15) is 30.4 Å². The molecule has 2 aromatic carbocycles. The van der Waals surface area contributed by atoms with Crippen LogP contribution in [0.15, 0.2) is 59.5 Å². The Labute approximate surface area is 151 Å². The molecule has 2 atom stereocenters. The van der Waals surface area contributed by atoms with Gasteiger partial charge in [-0.15, -0.1) is 0 Å². The Balaban J connectivity index is 1.68. The molecule has 128 valence electrons. The molecule has 0 spiro atoms. The van der Waals surface area contributed by atoms with Crippen molar-refractivity contribution < 1.29 is 8.42 Å². The van der Waals surface area contributed by atoms with Gasteiger partial charge in [-0.3, -0.25) is 0 Å². The van der Waals surface area contributed by atoms with Gasteiger partial charge in [0.1, 0.15) is 0 Å². The van der Waals surface area contributed by atoms with Crippen molar-refractivity contribution in [1.29, 1.82) is 0 Å². The molecular formula is C19H22INO2S. The summed E-state index contributed by atoms with van der Waals surface area (Å²) < 4.78 is 29.5. The quantitative estimate of drug-likeness (QED) is 0.223. The second-order valence-corrected chi connectivity index (χ2v) is 15.0. The third kappa shape index (κ3) is 2.70. The average Bonchev–Trinajstić information content (AvgIpc) is 3.25. The van der Waals surface area contributed by atoms with Gasteiger partial charge >= 0.3 is 152 Å². The zero-order chi connectivity index (χ0) is 16.8. The molecule has 0 saturated carbocycles. The normalized spacial score (nSPS) is 27.5. The fourth-order valence-electron chi connectivity index (χ4n) is 3.59. The zero-order valence-corrected chi connectivity index (χ0v) is 16.8. The van der Waals surface area contributed by atoms with Crippen LogP contribution in [0.3, 0.4) is 0 Å². The first-order chi connectivity index (χ1) is 11.5. The maximum atomic E-state index is 13.2. The van der Waals surface area contributed by atoms with Gasteiger partial charge in [-0.2, -0.15) is 0 Å². The van der Waals surface area contributed by atoms with Gasteiger partial charge in [-0.25, -0.2) is 0 Å². The molecule has 0 N–H and O–H groups in total. The molecule has 0 aromatic heterocycles. The van der Waals surface area contributed by atoms with Crippen LogP contribution in [0.2, 0.25) is 0 Å². The van der Waals surface area contributed by atoms with Crippen LogP contribution in [0.25, 0.3) is 0 Å². The van der Waals surface area contributed by atoms with E-state index in [9.17, 15) is 8.42 Å². The van der Waals surface area contributed by atoms with Crippen molar-refractivity contribution in [3.8, 4) is 0 Å². The maximum absolute atomic E-state index is 13.2. The summed E-state index contributed by atoms with van der Waals surface area (Å²) in [5.41, 5.74) is 2.36. The van der Waals surface area contributed by atoms with E-state index in [0.717, 1.165) is 29.3 Å². The molecule has 4 rings (SSSR count). The number of sulfonamides is 1. The number of rotatable bonds is 4. The van der Waals surface area contributed by atoms with Crippen LogP contribution in [0.4, 0.5) is 0 Å². The SMILES string of the molecule is Cc1ccc(S(=O)(=O)N2I3CCCCC23Cc2ccccc2)cc1. The number of hydrogen-bond acceptors (Lipinski definition) is 2. The molecule has 2 heterocycles. The first-order valence-electron chi connectivity index (χ1n) is 8.36. The third-order valence-electron chi connectivity index (χ3n) is 4.85. The fourth-order valence-corrected chi connectivity index (χ4v) is 17.4. The third-order valence-corrected chi connectivity index (χ3v) is 16.5. The predicted molar refractivity (Wildman–Crippen MR) is 106 cm³/mol. The topological polar surface area (TPSA) is 37.1 Å². The van der Waals surface area contributed by atoms with E-state index in [-0.39, 0.29) is 3.55 Å². The Morgan fingerprint density at radius 3 is 2.46 bits per heavy atom. The Morgan fingerprint density at radius 1 is 1.04 bits per heavy atom. The van der Waals surface area contributed by atoms with Crippen LogP contribution < -0.4 is 0 Å². The minimum absolute atomic E-state index is 0.0484. The van der Waals surface area contributed by atoms with Crippen molar-refractivity contribution in [2.24, 2.45) is 0 Å². The van der Waals surface area contributed by atoms with Gasteiger partial charge in [0.15, 0.2) is 0 Å². The second-order valence-electron chi connectivity index (χ2n) is 6.60. The molecular weight excluding hydrogens is 433 g/mol. The molecule has 0 bridgehead atoms. The molecule has 5 heteroatoms. The van der Waals surface area contributed by atoms with E-state index < -0.39 is 30.1 Å². The van der Waals surface area contributed by atoms with Gasteiger partial charge in [-0.1, -0.05) is 0 Å². The molecule has 2 fully saturated rings. The van der Waals surface area contributed by atoms with Gasteiger partial charge < -0.3 is 0 Å². The number of aryl methyl sites for hydroxylation is 1. The average molecular weight is 455 g/mol. The van der Waals surface area contributed by atoms with Crippen molar-refractivity contribution in [3.05, 3.63) is 65.7 Å². The summed E-state index contributed by atoms with van der Waals surface area (Å²) in [5.74, 6) is 0. The molecule has 2 aromatic rings. The van der Waals surface area contributed by atoms with E-state index in [1.54, 1.807) is 12.1 Å². The summed E-state index contributed by atoms with van der Waals surface area (Å²) in [7, 11) is -3.34. The monoisotopic (exact) mass is 455 g/mol. The first-order valence-corrected chi connectivity index (χ1v) is 13.4. The number of halogens is 1. The summed E-state index contributed by atoms with van der Waals surface area (Å²) in [6.45, 7) is 1.99. The summed E-state index contributed by atoms with van der Waals surface area (Å²) in [6, 6.07) is 17.7. The summed E-state index contributed by atoms with van der Waals surface area (Å²) in [5, 5.41) is 0. The molecule has 2 aliphatic heterocycles. The van der Waals surface area contributed by atoms with E-state index >= 15 is 0 Å². The molecule has 3 nitrogen and oxygen atoms in total. The van der Waals surface area contributed by atoms with Crippen LogP contribution >= 0.6 is 20.1 Å². The van der Waals surface area contributed by atoms with Gasteiger partial charge in [-0.05, 0) is 0 Å². The molecule has 0 radical (unpaired) electrons. The van der Waals surface area contributed by atoms with Gasteiger partial charge in [0.2, 0.25) is 0 Å². The zero-order valence-electron chi connectivity index (χ0n) is 13.8. The number of hydrogen-bond donors (Lipinski definition) is 0. The Kier molecular flexibility index (Phi) is 4.21. The van der Waals surface area contributed by atoms with E-state index in [1.165, 1.54) is 12.0 Å². The van der Waals surface area contributed by atoms with Crippen LogP contribution in [0, 0.1) is 6.92 Å². The van der Waals surface area contributed by atoms with Crippen molar-refractivity contribution in [1.82, 2.24) is 2.52 Å². The molecule has 2 aliphatic rings. The van der Waals surface area contributed by atoms with Crippen molar-refractivity contribution in [2.75, 3.05) is 4.43 Å². The van der Waals surface area contributed by atoms with Crippen molar-refractivity contribution in [3.63, 3.8) is 0 Å². The van der Waals surface area contributed by atoms with Crippen LogP contribution in [-0.2, 0) is 16.4 Å². The number of nitrogens with zero attached hydrogens (tertiary/aromatic N) is 1. The van der Waals surface area contributed by atoms with Crippen molar-refractivity contribution in [2.45, 2.75) is 41.0 Å². The standard InChI is InChI=1S/C19H22INO2S/c1-16-9-11-18(12-10-16)24(22,23)21-19(13-5-6-14-20(19)21)15-17-7-3-2-4-8-17/h2-4,7-12H,5-6,13-15H2,1H3. The second kappa shape index (κ2) is 6.11. The summed E-state index contributed by atoms with van der Waals surface area (Å²) in [4.78, 5) is 0.465. The minimum atomic E-state index is -3.34. The molecule has 2 unspecified atom stereocenters. The van der Waals surface area contributed by atoms with Gasteiger partial charge in [0, 0.05) is 0 Å². The Morgan fingerprint density at radius 2 is 1.75 bits per heavy atom.